The van der Waals surface area contributed by atoms with Crippen LogP contribution in [0.5, 0.6) is 0 Å². The molecule has 1 N–H and O–H groups in total. The van der Waals surface area contributed by atoms with Crippen LogP contribution in [0, 0.1) is 18.8 Å². The molecule has 3 unspecified atom stereocenters. The van der Waals surface area contributed by atoms with E-state index in [1.165, 1.54) is 51.6 Å². The van der Waals surface area contributed by atoms with Crippen molar-refractivity contribution in [1.29, 1.82) is 0 Å². The van der Waals surface area contributed by atoms with Gasteiger partial charge < -0.3 is 14.8 Å². The number of fused-ring (bicyclic) bond motifs is 2. The van der Waals surface area contributed by atoms with Crippen LogP contribution in [-0.4, -0.2) is 69.3 Å². The topological polar surface area (TPSA) is 61.6 Å². The summed E-state index contributed by atoms with van der Waals surface area (Å²) in [5, 5.41) is 12.0. The zero-order chi connectivity index (χ0) is 19.5. The minimum Gasteiger partial charge on any atom is -0.356 e. The Morgan fingerprint density at radius 2 is 1.96 bits per heavy atom. The summed E-state index contributed by atoms with van der Waals surface area (Å²) in [5.74, 6) is 4.90. The van der Waals surface area contributed by atoms with E-state index in [-0.39, 0.29) is 0 Å². The zero-order valence-electron chi connectivity index (χ0n) is 17.9. The maximum absolute atomic E-state index is 4.91. The van der Waals surface area contributed by atoms with Crippen molar-refractivity contribution in [3.8, 4) is 0 Å². The van der Waals surface area contributed by atoms with Crippen molar-refractivity contribution in [2.24, 2.45) is 23.9 Å². The van der Waals surface area contributed by atoms with Gasteiger partial charge in [-0.25, -0.2) is 4.99 Å². The molecular formula is C21H37N7. The van der Waals surface area contributed by atoms with Gasteiger partial charge in [0.25, 0.3) is 0 Å². The molecule has 2 aliphatic carbocycles. The standard InChI is InChI=1S/C21H37N7/c1-4-5-8-22-21(23-15-20-25-24-16(2)26(20)3)28-11-9-27(10-12-28)19-14-17-6-7-18(19)13-17/h17-19H,4-15H2,1-3H3,(H,22,23). The van der Waals surface area contributed by atoms with Crippen molar-refractivity contribution in [3.63, 3.8) is 0 Å². The van der Waals surface area contributed by atoms with E-state index in [2.05, 4.69) is 32.2 Å². The molecule has 0 radical (unpaired) electrons. The van der Waals surface area contributed by atoms with Crippen LogP contribution in [0.15, 0.2) is 4.99 Å². The molecule has 4 rings (SSSR count). The van der Waals surface area contributed by atoms with Gasteiger partial charge >= 0.3 is 0 Å². The summed E-state index contributed by atoms with van der Waals surface area (Å²) >= 11 is 0. The molecule has 0 spiro atoms. The Balaban J connectivity index is 1.36. The quantitative estimate of drug-likeness (QED) is 0.460. The van der Waals surface area contributed by atoms with Crippen molar-refractivity contribution in [1.82, 2.24) is 29.9 Å². The largest absolute Gasteiger partial charge is 0.356 e. The number of piperazine rings is 1. The third-order valence-corrected chi connectivity index (χ3v) is 7.15. The highest BCUT2D eigenvalue weighted by molar-refractivity contribution is 5.80. The fourth-order valence-corrected chi connectivity index (χ4v) is 5.30. The SMILES string of the molecule is CCCCNC(=NCc1nnc(C)n1C)N1CCN(C2CC3CCC2C3)CC1. The van der Waals surface area contributed by atoms with Gasteiger partial charge in [-0.2, -0.15) is 0 Å². The summed E-state index contributed by atoms with van der Waals surface area (Å²) < 4.78 is 2.03. The minimum absolute atomic E-state index is 0.582. The van der Waals surface area contributed by atoms with Crippen LogP contribution in [-0.2, 0) is 13.6 Å². The Labute approximate surface area is 169 Å². The van der Waals surface area contributed by atoms with Crippen LogP contribution in [0.3, 0.4) is 0 Å². The first-order chi connectivity index (χ1) is 13.7. The molecule has 0 amide bonds. The molecule has 28 heavy (non-hydrogen) atoms. The highest BCUT2D eigenvalue weighted by Crippen LogP contribution is 2.46. The number of aromatic nitrogens is 3. The molecular weight excluding hydrogens is 350 g/mol. The lowest BCUT2D eigenvalue weighted by Crippen LogP contribution is -2.55. The Bertz CT molecular complexity index is 674. The van der Waals surface area contributed by atoms with Crippen LogP contribution in [0.25, 0.3) is 0 Å². The molecule has 2 saturated carbocycles. The molecule has 0 aromatic carbocycles. The lowest BCUT2D eigenvalue weighted by atomic mass is 9.93. The van der Waals surface area contributed by atoms with E-state index in [1.807, 2.05) is 18.5 Å². The van der Waals surface area contributed by atoms with Crippen LogP contribution in [0.2, 0.25) is 0 Å². The van der Waals surface area contributed by atoms with Gasteiger partial charge in [0.1, 0.15) is 12.4 Å². The summed E-state index contributed by atoms with van der Waals surface area (Å²) in [6.45, 7) is 10.3. The van der Waals surface area contributed by atoms with E-state index < -0.39 is 0 Å². The van der Waals surface area contributed by atoms with E-state index in [1.54, 1.807) is 0 Å². The summed E-state index contributed by atoms with van der Waals surface area (Å²) in [6, 6.07) is 0.857. The van der Waals surface area contributed by atoms with Crippen LogP contribution >= 0.6 is 0 Å². The molecule has 7 heteroatoms. The lowest BCUT2D eigenvalue weighted by molar-refractivity contribution is 0.0957. The van der Waals surface area contributed by atoms with Crippen molar-refractivity contribution < 1.29 is 0 Å². The number of hydrogen-bond donors (Lipinski definition) is 1. The maximum Gasteiger partial charge on any atom is 0.194 e. The highest BCUT2D eigenvalue weighted by atomic mass is 15.4. The van der Waals surface area contributed by atoms with Gasteiger partial charge in [0.2, 0.25) is 0 Å². The number of nitrogens with zero attached hydrogens (tertiary/aromatic N) is 6. The average Bonchev–Trinajstić information content (AvgIpc) is 3.43. The number of hydrogen-bond acceptors (Lipinski definition) is 4. The number of rotatable bonds is 6. The van der Waals surface area contributed by atoms with Gasteiger partial charge in [-0.05, 0) is 44.4 Å². The van der Waals surface area contributed by atoms with Crippen molar-refractivity contribution in [3.05, 3.63) is 11.6 Å². The third-order valence-electron chi connectivity index (χ3n) is 7.15. The molecule has 7 nitrogen and oxygen atoms in total. The first-order valence-electron chi connectivity index (χ1n) is 11.3. The normalized spacial score (nSPS) is 28.3. The first-order valence-corrected chi connectivity index (χ1v) is 11.3. The van der Waals surface area contributed by atoms with Crippen LogP contribution < -0.4 is 5.32 Å². The molecule has 1 aromatic heterocycles. The average molecular weight is 388 g/mol. The van der Waals surface area contributed by atoms with E-state index >= 15 is 0 Å². The molecule has 2 bridgehead atoms. The van der Waals surface area contributed by atoms with Crippen molar-refractivity contribution >= 4 is 5.96 Å². The Hall–Kier alpha value is -1.63. The van der Waals surface area contributed by atoms with Gasteiger partial charge in [0.05, 0.1) is 0 Å². The van der Waals surface area contributed by atoms with Gasteiger partial charge in [-0.15, -0.1) is 10.2 Å². The molecule has 3 fully saturated rings. The van der Waals surface area contributed by atoms with Crippen LogP contribution in [0.4, 0.5) is 0 Å². The number of unbranched alkanes of at least 4 members (excludes halogenated alkanes) is 1. The Morgan fingerprint density at radius 1 is 1.14 bits per heavy atom. The summed E-state index contributed by atoms with van der Waals surface area (Å²) in [4.78, 5) is 10.1. The number of nitrogens with one attached hydrogen (secondary N) is 1. The fourth-order valence-electron chi connectivity index (χ4n) is 5.30. The van der Waals surface area contributed by atoms with Crippen molar-refractivity contribution in [2.45, 2.75) is 65.0 Å². The number of guanidine groups is 1. The third kappa shape index (κ3) is 4.19. The first kappa shape index (κ1) is 19.7. The van der Waals surface area contributed by atoms with E-state index in [9.17, 15) is 0 Å². The predicted molar refractivity (Wildman–Crippen MR) is 112 cm³/mol. The van der Waals surface area contributed by atoms with Gasteiger partial charge in [-0.1, -0.05) is 19.8 Å². The predicted octanol–water partition coefficient (Wildman–Crippen LogP) is 2.18. The van der Waals surface area contributed by atoms with E-state index in [0.717, 1.165) is 55.1 Å². The molecule has 1 aromatic rings. The fraction of sp³-hybridized carbons (Fsp3) is 0.857. The van der Waals surface area contributed by atoms with Gasteiger partial charge in [0, 0.05) is 45.8 Å². The van der Waals surface area contributed by atoms with E-state index in [0.29, 0.717) is 6.54 Å². The van der Waals surface area contributed by atoms with Crippen LogP contribution in [0.1, 0.15) is 57.1 Å². The lowest BCUT2D eigenvalue weighted by Gasteiger charge is -2.42. The molecule has 1 aliphatic heterocycles. The van der Waals surface area contributed by atoms with Gasteiger partial charge in [-0.3, -0.25) is 4.90 Å². The zero-order valence-corrected chi connectivity index (χ0v) is 17.9. The summed E-state index contributed by atoms with van der Waals surface area (Å²) in [5.41, 5.74) is 0. The molecule has 156 valence electrons. The minimum atomic E-state index is 0.582. The number of aryl methyl sites for hydroxylation is 1. The number of aliphatic imine (C=N–C) groups is 1. The smallest absolute Gasteiger partial charge is 0.194 e. The summed E-state index contributed by atoms with van der Waals surface area (Å²) in [7, 11) is 2.01. The molecule has 3 aliphatic rings. The summed E-state index contributed by atoms with van der Waals surface area (Å²) in [6.07, 6.45) is 8.27. The van der Waals surface area contributed by atoms with Gasteiger partial charge in [0.15, 0.2) is 11.8 Å². The Morgan fingerprint density at radius 3 is 2.57 bits per heavy atom. The maximum atomic E-state index is 4.91. The highest BCUT2D eigenvalue weighted by Gasteiger charge is 2.42. The monoisotopic (exact) mass is 387 g/mol. The van der Waals surface area contributed by atoms with E-state index in [4.69, 9.17) is 4.99 Å². The molecule has 3 atom stereocenters. The second-order valence-electron chi connectivity index (χ2n) is 8.91. The molecule has 1 saturated heterocycles. The Kier molecular flexibility index (Phi) is 6.19. The second-order valence-corrected chi connectivity index (χ2v) is 8.91. The molecule has 2 heterocycles. The van der Waals surface area contributed by atoms with Crippen molar-refractivity contribution in [2.75, 3.05) is 32.7 Å². The second kappa shape index (κ2) is 8.80.